The van der Waals surface area contributed by atoms with Crippen molar-refractivity contribution in [3.05, 3.63) is 0 Å². The van der Waals surface area contributed by atoms with E-state index in [0.717, 1.165) is 19.4 Å². The van der Waals surface area contributed by atoms with Gasteiger partial charge in [-0.05, 0) is 26.8 Å². The molecule has 1 saturated heterocycles. The van der Waals surface area contributed by atoms with Gasteiger partial charge in [0.05, 0.1) is 6.61 Å². The summed E-state index contributed by atoms with van der Waals surface area (Å²) in [4.78, 5) is 13.7. The molecule has 1 amide bonds. The van der Waals surface area contributed by atoms with E-state index < -0.39 is 0 Å². The van der Waals surface area contributed by atoms with Crippen LogP contribution >= 0.6 is 0 Å². The average Bonchev–Trinajstić information content (AvgIpc) is 2.19. The molecule has 1 atom stereocenters. The number of aliphatic hydroxyl groups is 1. The molecule has 1 unspecified atom stereocenters. The van der Waals surface area contributed by atoms with Crippen LogP contribution in [0.25, 0.3) is 0 Å². The number of hydrogen-bond acceptors (Lipinski definition) is 3. The van der Waals surface area contributed by atoms with E-state index in [4.69, 9.17) is 0 Å². The molecule has 1 rings (SSSR count). The van der Waals surface area contributed by atoms with Gasteiger partial charge in [0, 0.05) is 12.1 Å². The SMILES string of the molecule is CCCCN1C(CO)C(=O)NCC1(C)C. The molecule has 1 aliphatic rings. The van der Waals surface area contributed by atoms with Gasteiger partial charge >= 0.3 is 0 Å². The van der Waals surface area contributed by atoms with Gasteiger partial charge in [-0.15, -0.1) is 0 Å². The van der Waals surface area contributed by atoms with Crippen molar-refractivity contribution in [1.82, 2.24) is 10.2 Å². The monoisotopic (exact) mass is 214 g/mol. The van der Waals surface area contributed by atoms with Crippen LogP contribution in [-0.2, 0) is 4.79 Å². The van der Waals surface area contributed by atoms with E-state index in [-0.39, 0.29) is 24.1 Å². The van der Waals surface area contributed by atoms with Crippen molar-refractivity contribution in [2.24, 2.45) is 0 Å². The minimum absolute atomic E-state index is 0.0482. The zero-order valence-electron chi connectivity index (χ0n) is 9.92. The Balaban J connectivity index is 2.74. The van der Waals surface area contributed by atoms with Crippen LogP contribution < -0.4 is 5.32 Å². The molecule has 4 nitrogen and oxygen atoms in total. The van der Waals surface area contributed by atoms with Crippen LogP contribution in [-0.4, -0.2) is 47.2 Å². The van der Waals surface area contributed by atoms with Crippen molar-refractivity contribution in [3.8, 4) is 0 Å². The van der Waals surface area contributed by atoms with Crippen LogP contribution in [0.15, 0.2) is 0 Å². The van der Waals surface area contributed by atoms with Crippen molar-refractivity contribution in [2.75, 3.05) is 19.7 Å². The number of nitrogens with one attached hydrogen (secondary N) is 1. The highest BCUT2D eigenvalue weighted by Crippen LogP contribution is 2.21. The first-order chi connectivity index (χ1) is 7.03. The van der Waals surface area contributed by atoms with Crippen molar-refractivity contribution in [2.45, 2.75) is 45.2 Å². The van der Waals surface area contributed by atoms with Gasteiger partial charge in [0.2, 0.25) is 5.91 Å². The number of amides is 1. The van der Waals surface area contributed by atoms with Crippen molar-refractivity contribution in [3.63, 3.8) is 0 Å². The molecule has 4 heteroatoms. The normalized spacial score (nSPS) is 26.4. The Kier molecular flexibility index (Phi) is 4.11. The van der Waals surface area contributed by atoms with E-state index in [9.17, 15) is 9.90 Å². The maximum atomic E-state index is 11.6. The number of piperazine rings is 1. The summed E-state index contributed by atoms with van der Waals surface area (Å²) < 4.78 is 0. The number of aliphatic hydroxyl groups excluding tert-OH is 1. The molecule has 2 N–H and O–H groups in total. The second kappa shape index (κ2) is 4.94. The van der Waals surface area contributed by atoms with E-state index in [0.29, 0.717) is 6.54 Å². The number of carbonyl (C=O) groups is 1. The smallest absolute Gasteiger partial charge is 0.239 e. The molecular formula is C11H22N2O2. The second-order valence-electron chi connectivity index (χ2n) is 4.78. The fraction of sp³-hybridized carbons (Fsp3) is 0.909. The van der Waals surface area contributed by atoms with E-state index in [2.05, 4.69) is 31.0 Å². The summed E-state index contributed by atoms with van der Waals surface area (Å²) in [6.07, 6.45) is 2.17. The zero-order valence-corrected chi connectivity index (χ0v) is 9.92. The first kappa shape index (κ1) is 12.5. The van der Waals surface area contributed by atoms with Gasteiger partial charge in [-0.1, -0.05) is 13.3 Å². The first-order valence-corrected chi connectivity index (χ1v) is 5.68. The summed E-state index contributed by atoms with van der Waals surface area (Å²) in [7, 11) is 0. The van der Waals surface area contributed by atoms with Gasteiger partial charge in [-0.25, -0.2) is 0 Å². The largest absolute Gasteiger partial charge is 0.394 e. The Morgan fingerprint density at radius 1 is 1.60 bits per heavy atom. The van der Waals surface area contributed by atoms with Crippen molar-refractivity contribution in [1.29, 1.82) is 0 Å². The molecule has 0 radical (unpaired) electrons. The Bertz CT molecular complexity index is 229. The molecule has 0 aliphatic carbocycles. The predicted molar refractivity (Wildman–Crippen MR) is 59.6 cm³/mol. The second-order valence-corrected chi connectivity index (χ2v) is 4.78. The minimum atomic E-state index is -0.375. The number of hydrogen-bond donors (Lipinski definition) is 2. The van der Waals surface area contributed by atoms with Gasteiger partial charge < -0.3 is 10.4 Å². The quantitative estimate of drug-likeness (QED) is 0.710. The highest BCUT2D eigenvalue weighted by Gasteiger charge is 2.40. The van der Waals surface area contributed by atoms with Gasteiger partial charge in [0.25, 0.3) is 0 Å². The summed E-state index contributed by atoms with van der Waals surface area (Å²) in [5.74, 6) is -0.0482. The lowest BCUT2D eigenvalue weighted by Crippen LogP contribution is -2.66. The maximum Gasteiger partial charge on any atom is 0.239 e. The third kappa shape index (κ3) is 2.69. The summed E-state index contributed by atoms with van der Waals surface area (Å²) in [6.45, 7) is 7.77. The van der Waals surface area contributed by atoms with E-state index in [1.54, 1.807) is 0 Å². The minimum Gasteiger partial charge on any atom is -0.394 e. The Morgan fingerprint density at radius 2 is 2.27 bits per heavy atom. The maximum absolute atomic E-state index is 11.6. The summed E-state index contributed by atoms with van der Waals surface area (Å²) in [5, 5.41) is 12.1. The molecule has 15 heavy (non-hydrogen) atoms. The molecule has 1 fully saturated rings. The van der Waals surface area contributed by atoms with E-state index in [1.165, 1.54) is 0 Å². The van der Waals surface area contributed by atoms with Crippen LogP contribution in [0.4, 0.5) is 0 Å². The van der Waals surface area contributed by atoms with E-state index in [1.807, 2.05) is 0 Å². The molecule has 0 saturated carbocycles. The number of carbonyl (C=O) groups excluding carboxylic acids is 1. The van der Waals surface area contributed by atoms with Crippen molar-refractivity contribution < 1.29 is 9.90 Å². The lowest BCUT2D eigenvalue weighted by atomic mass is 9.95. The topological polar surface area (TPSA) is 52.6 Å². The van der Waals surface area contributed by atoms with Crippen LogP contribution in [0, 0.1) is 0 Å². The van der Waals surface area contributed by atoms with Gasteiger partial charge in [0.15, 0.2) is 0 Å². The Hall–Kier alpha value is -0.610. The molecule has 0 aromatic carbocycles. The third-order valence-corrected chi connectivity index (χ3v) is 3.08. The zero-order chi connectivity index (χ0) is 11.5. The van der Waals surface area contributed by atoms with Gasteiger partial charge in [-0.2, -0.15) is 0 Å². The molecule has 0 spiro atoms. The Labute approximate surface area is 91.6 Å². The number of nitrogens with zero attached hydrogens (tertiary/aromatic N) is 1. The molecule has 1 heterocycles. The molecule has 0 aromatic heterocycles. The first-order valence-electron chi connectivity index (χ1n) is 5.68. The highest BCUT2D eigenvalue weighted by atomic mass is 16.3. The molecule has 88 valence electrons. The van der Waals surface area contributed by atoms with Crippen LogP contribution in [0.5, 0.6) is 0 Å². The molecular weight excluding hydrogens is 192 g/mol. The van der Waals surface area contributed by atoms with E-state index >= 15 is 0 Å². The lowest BCUT2D eigenvalue weighted by molar-refractivity contribution is -0.136. The molecule has 0 aromatic rings. The lowest BCUT2D eigenvalue weighted by Gasteiger charge is -2.46. The Morgan fingerprint density at radius 3 is 2.80 bits per heavy atom. The van der Waals surface area contributed by atoms with Gasteiger partial charge in [-0.3, -0.25) is 9.69 Å². The van der Waals surface area contributed by atoms with Crippen LogP contribution in [0.1, 0.15) is 33.6 Å². The summed E-state index contributed by atoms with van der Waals surface area (Å²) >= 11 is 0. The number of rotatable bonds is 4. The van der Waals surface area contributed by atoms with Crippen molar-refractivity contribution >= 4 is 5.91 Å². The standard InChI is InChI=1S/C11H22N2O2/c1-4-5-6-13-9(7-14)10(15)12-8-11(13,2)3/h9,14H,4-8H2,1-3H3,(H,12,15). The summed E-state index contributed by atoms with van der Waals surface area (Å²) in [6, 6.07) is -0.375. The third-order valence-electron chi connectivity index (χ3n) is 3.08. The fourth-order valence-corrected chi connectivity index (χ4v) is 2.05. The average molecular weight is 214 g/mol. The number of unbranched alkanes of at least 4 members (excludes halogenated alkanes) is 1. The van der Waals surface area contributed by atoms with Crippen LogP contribution in [0.2, 0.25) is 0 Å². The summed E-state index contributed by atoms with van der Waals surface area (Å²) in [5.41, 5.74) is -0.0591. The molecule has 1 aliphatic heterocycles. The fourth-order valence-electron chi connectivity index (χ4n) is 2.05. The van der Waals surface area contributed by atoms with Crippen LogP contribution in [0.3, 0.4) is 0 Å². The molecule has 0 bridgehead atoms. The van der Waals surface area contributed by atoms with Gasteiger partial charge in [0.1, 0.15) is 6.04 Å². The highest BCUT2D eigenvalue weighted by molar-refractivity contribution is 5.83. The predicted octanol–water partition coefficient (Wildman–Crippen LogP) is 0.358.